The van der Waals surface area contributed by atoms with E-state index in [1.807, 2.05) is 20.8 Å². The molecule has 0 aromatic heterocycles. The summed E-state index contributed by atoms with van der Waals surface area (Å²) in [6.45, 7) is 6.25. The van der Waals surface area contributed by atoms with E-state index in [0.29, 0.717) is 32.2 Å². The number of piperidine rings is 1. The molecule has 5 nitrogen and oxygen atoms in total. The van der Waals surface area contributed by atoms with Crippen LogP contribution in [0.1, 0.15) is 52.9 Å². The number of carboxylic acids is 1. The molecule has 0 saturated carbocycles. The molecule has 1 aliphatic heterocycles. The van der Waals surface area contributed by atoms with Gasteiger partial charge in [0, 0.05) is 25.8 Å². The number of nitrogens with zero attached hydrogens (tertiary/aromatic N) is 1. The van der Waals surface area contributed by atoms with Crippen LogP contribution < -0.4 is 0 Å². The molecule has 0 aliphatic carbocycles. The Bertz CT molecular complexity index is 358. The molecule has 1 rings (SSSR count). The summed E-state index contributed by atoms with van der Waals surface area (Å²) in [6.07, 6.45) is 2.18. The lowest BCUT2D eigenvalue weighted by Gasteiger charge is -2.32. The zero-order chi connectivity index (χ0) is 14.6. The Hall–Kier alpha value is -1.39. The third-order valence-electron chi connectivity index (χ3n) is 3.68. The van der Waals surface area contributed by atoms with Crippen molar-refractivity contribution in [2.24, 2.45) is 11.3 Å². The van der Waals surface area contributed by atoms with Crippen molar-refractivity contribution in [3.8, 4) is 0 Å². The molecule has 1 heterocycles. The van der Waals surface area contributed by atoms with Crippen molar-refractivity contribution in [3.05, 3.63) is 0 Å². The zero-order valence-corrected chi connectivity index (χ0v) is 11.9. The zero-order valence-electron chi connectivity index (χ0n) is 11.9. The van der Waals surface area contributed by atoms with Crippen molar-refractivity contribution in [3.63, 3.8) is 0 Å². The van der Waals surface area contributed by atoms with Gasteiger partial charge in [0.2, 0.25) is 11.8 Å². The van der Waals surface area contributed by atoms with Crippen LogP contribution in [0.4, 0.5) is 0 Å². The standard InChI is InChI=1S/C14H23NO4/c1-10-8-11(16)15(12(17)9-10)7-6-14(2,3)5-4-13(18)19/h10H,4-9H2,1-3H3,(H,18,19). The molecule has 1 saturated heterocycles. The molecule has 0 aromatic carbocycles. The number of imide groups is 1. The fourth-order valence-corrected chi connectivity index (χ4v) is 2.26. The number of hydrogen-bond acceptors (Lipinski definition) is 3. The van der Waals surface area contributed by atoms with Crippen LogP contribution in [0.25, 0.3) is 0 Å². The number of carbonyl (C=O) groups excluding carboxylic acids is 2. The summed E-state index contributed by atoms with van der Waals surface area (Å²) < 4.78 is 0. The number of carboxylic acid groups (broad SMARTS) is 1. The molecule has 0 radical (unpaired) electrons. The van der Waals surface area contributed by atoms with Crippen LogP contribution in [0.5, 0.6) is 0 Å². The molecule has 2 amide bonds. The van der Waals surface area contributed by atoms with Crippen LogP contribution in [0.3, 0.4) is 0 Å². The predicted molar refractivity (Wildman–Crippen MR) is 70.4 cm³/mol. The van der Waals surface area contributed by atoms with Gasteiger partial charge in [0.1, 0.15) is 0 Å². The monoisotopic (exact) mass is 269 g/mol. The average Bonchev–Trinajstić information content (AvgIpc) is 2.25. The molecule has 0 aromatic rings. The summed E-state index contributed by atoms with van der Waals surface area (Å²) in [5.74, 6) is -0.876. The van der Waals surface area contributed by atoms with E-state index in [2.05, 4.69) is 0 Å². The van der Waals surface area contributed by atoms with Crippen molar-refractivity contribution in [2.75, 3.05) is 6.54 Å². The van der Waals surface area contributed by atoms with Crippen LogP contribution in [-0.2, 0) is 14.4 Å². The summed E-state index contributed by atoms with van der Waals surface area (Å²) >= 11 is 0. The van der Waals surface area contributed by atoms with Crippen LogP contribution in [0, 0.1) is 11.3 Å². The van der Waals surface area contributed by atoms with E-state index in [9.17, 15) is 14.4 Å². The molecule has 19 heavy (non-hydrogen) atoms. The Kier molecular flexibility index (Phi) is 5.09. The Balaban J connectivity index is 2.48. The van der Waals surface area contributed by atoms with Gasteiger partial charge in [-0.25, -0.2) is 0 Å². The van der Waals surface area contributed by atoms with Gasteiger partial charge >= 0.3 is 5.97 Å². The van der Waals surface area contributed by atoms with Gasteiger partial charge in [-0.2, -0.15) is 0 Å². The lowest BCUT2D eigenvalue weighted by atomic mass is 9.84. The molecule has 5 heteroatoms. The molecule has 0 spiro atoms. The highest BCUT2D eigenvalue weighted by Gasteiger charge is 2.31. The quantitative estimate of drug-likeness (QED) is 0.749. The van der Waals surface area contributed by atoms with Crippen molar-refractivity contribution in [2.45, 2.75) is 52.9 Å². The summed E-state index contributed by atoms with van der Waals surface area (Å²) in [5, 5.41) is 8.69. The molecular formula is C14H23NO4. The van der Waals surface area contributed by atoms with Crippen molar-refractivity contribution >= 4 is 17.8 Å². The van der Waals surface area contributed by atoms with E-state index in [1.54, 1.807) is 0 Å². The van der Waals surface area contributed by atoms with Crippen LogP contribution in [0.15, 0.2) is 0 Å². The van der Waals surface area contributed by atoms with Gasteiger partial charge in [-0.05, 0) is 24.2 Å². The number of hydrogen-bond donors (Lipinski definition) is 1. The van der Waals surface area contributed by atoms with Gasteiger partial charge in [-0.1, -0.05) is 20.8 Å². The van der Waals surface area contributed by atoms with Gasteiger partial charge in [-0.15, -0.1) is 0 Å². The molecule has 108 valence electrons. The maximum absolute atomic E-state index is 11.8. The largest absolute Gasteiger partial charge is 0.481 e. The maximum Gasteiger partial charge on any atom is 0.303 e. The van der Waals surface area contributed by atoms with Gasteiger partial charge in [0.15, 0.2) is 0 Å². The van der Waals surface area contributed by atoms with Crippen LogP contribution in [0.2, 0.25) is 0 Å². The number of likely N-dealkylation sites (tertiary alicyclic amines) is 1. The van der Waals surface area contributed by atoms with E-state index in [1.165, 1.54) is 4.90 Å². The number of aliphatic carboxylic acids is 1. The average molecular weight is 269 g/mol. The third-order valence-corrected chi connectivity index (χ3v) is 3.68. The Morgan fingerprint density at radius 3 is 2.26 bits per heavy atom. The molecule has 1 aliphatic rings. The fraction of sp³-hybridized carbons (Fsp3) is 0.786. The molecule has 1 fully saturated rings. The maximum atomic E-state index is 11.8. The first kappa shape index (κ1) is 15.7. The summed E-state index contributed by atoms with van der Waals surface area (Å²) in [7, 11) is 0. The molecule has 1 N–H and O–H groups in total. The fourth-order valence-electron chi connectivity index (χ4n) is 2.26. The van der Waals surface area contributed by atoms with Gasteiger partial charge < -0.3 is 5.11 Å². The molecular weight excluding hydrogens is 246 g/mol. The smallest absolute Gasteiger partial charge is 0.303 e. The molecule has 0 atom stereocenters. The van der Waals surface area contributed by atoms with E-state index in [0.717, 1.165) is 0 Å². The second kappa shape index (κ2) is 6.17. The topological polar surface area (TPSA) is 74.7 Å². The first-order valence-electron chi connectivity index (χ1n) is 6.76. The Labute approximate surface area is 114 Å². The molecule has 0 unspecified atom stereocenters. The minimum Gasteiger partial charge on any atom is -0.481 e. The lowest BCUT2D eigenvalue weighted by Crippen LogP contribution is -2.44. The van der Waals surface area contributed by atoms with Crippen molar-refractivity contribution in [1.82, 2.24) is 4.90 Å². The first-order valence-corrected chi connectivity index (χ1v) is 6.76. The lowest BCUT2D eigenvalue weighted by molar-refractivity contribution is -0.150. The number of amides is 2. The van der Waals surface area contributed by atoms with E-state index in [4.69, 9.17) is 5.11 Å². The van der Waals surface area contributed by atoms with Crippen LogP contribution in [-0.4, -0.2) is 34.3 Å². The second-order valence-electron chi connectivity index (χ2n) is 6.26. The summed E-state index contributed by atoms with van der Waals surface area (Å²) in [4.78, 5) is 35.5. The first-order chi connectivity index (χ1) is 8.71. The van der Waals surface area contributed by atoms with Gasteiger partial charge in [0.25, 0.3) is 0 Å². The van der Waals surface area contributed by atoms with E-state index >= 15 is 0 Å². The summed E-state index contributed by atoms with van der Waals surface area (Å²) in [5.41, 5.74) is -0.179. The summed E-state index contributed by atoms with van der Waals surface area (Å²) in [6, 6.07) is 0. The Morgan fingerprint density at radius 1 is 1.26 bits per heavy atom. The third kappa shape index (κ3) is 5.01. The highest BCUT2D eigenvalue weighted by Crippen LogP contribution is 2.28. The van der Waals surface area contributed by atoms with Gasteiger partial charge in [-0.3, -0.25) is 19.3 Å². The minimum atomic E-state index is -0.813. The SMILES string of the molecule is CC1CC(=O)N(CCC(C)(C)CCC(=O)O)C(=O)C1. The second-order valence-corrected chi connectivity index (χ2v) is 6.26. The predicted octanol–water partition coefficient (Wildman–Crippen LogP) is 2.05. The minimum absolute atomic E-state index is 0.0993. The van der Waals surface area contributed by atoms with Crippen LogP contribution >= 0.6 is 0 Å². The number of rotatable bonds is 6. The van der Waals surface area contributed by atoms with Crippen molar-refractivity contribution in [1.29, 1.82) is 0 Å². The van der Waals surface area contributed by atoms with Crippen molar-refractivity contribution < 1.29 is 19.5 Å². The number of carbonyl (C=O) groups is 3. The molecule has 0 bridgehead atoms. The normalized spacial score (nSPS) is 17.9. The van der Waals surface area contributed by atoms with E-state index in [-0.39, 0.29) is 29.6 Å². The Morgan fingerprint density at radius 2 is 1.79 bits per heavy atom. The van der Waals surface area contributed by atoms with Gasteiger partial charge in [0.05, 0.1) is 0 Å². The highest BCUT2D eigenvalue weighted by atomic mass is 16.4. The van der Waals surface area contributed by atoms with E-state index < -0.39 is 5.97 Å². The highest BCUT2D eigenvalue weighted by molar-refractivity contribution is 5.97.